The summed E-state index contributed by atoms with van der Waals surface area (Å²) in [4.78, 5) is 13.3. The first-order valence-corrected chi connectivity index (χ1v) is 12.2. The SMILES string of the molecule is COc1ccc(S(=O)(=O)N2Cc3ccccc3CC2C(=O)Nc2ccc(I)cc2)cc1. The van der Waals surface area contributed by atoms with Gasteiger partial charge in [0.25, 0.3) is 0 Å². The van der Waals surface area contributed by atoms with Crippen molar-refractivity contribution in [2.24, 2.45) is 0 Å². The summed E-state index contributed by atoms with van der Waals surface area (Å²) < 4.78 is 34.5. The first-order valence-electron chi connectivity index (χ1n) is 9.67. The zero-order valence-corrected chi connectivity index (χ0v) is 19.8. The van der Waals surface area contributed by atoms with Gasteiger partial charge in [0, 0.05) is 15.8 Å². The summed E-state index contributed by atoms with van der Waals surface area (Å²) in [7, 11) is -2.38. The van der Waals surface area contributed by atoms with Crippen molar-refractivity contribution in [2.45, 2.75) is 23.9 Å². The molecule has 0 saturated carbocycles. The normalized spacial score (nSPS) is 16.4. The van der Waals surface area contributed by atoms with E-state index >= 15 is 0 Å². The van der Waals surface area contributed by atoms with Gasteiger partial charge in [0.2, 0.25) is 15.9 Å². The number of ether oxygens (including phenoxy) is 1. The van der Waals surface area contributed by atoms with E-state index in [4.69, 9.17) is 4.74 Å². The maximum Gasteiger partial charge on any atom is 0.244 e. The van der Waals surface area contributed by atoms with Crippen molar-refractivity contribution in [3.05, 3.63) is 87.5 Å². The fraction of sp³-hybridized carbons (Fsp3) is 0.174. The molecule has 1 aliphatic rings. The number of rotatable bonds is 5. The fourth-order valence-corrected chi connectivity index (χ4v) is 5.54. The third-order valence-electron chi connectivity index (χ3n) is 5.29. The van der Waals surface area contributed by atoms with Crippen molar-refractivity contribution >= 4 is 44.2 Å². The minimum absolute atomic E-state index is 0.125. The monoisotopic (exact) mass is 548 g/mol. The Kier molecular flexibility index (Phi) is 6.31. The molecule has 31 heavy (non-hydrogen) atoms. The van der Waals surface area contributed by atoms with Gasteiger partial charge in [-0.3, -0.25) is 4.79 Å². The third-order valence-corrected chi connectivity index (χ3v) is 7.87. The van der Waals surface area contributed by atoms with Gasteiger partial charge in [0.05, 0.1) is 12.0 Å². The van der Waals surface area contributed by atoms with Crippen LogP contribution in [0.1, 0.15) is 11.1 Å². The van der Waals surface area contributed by atoms with Crippen LogP contribution in [0.2, 0.25) is 0 Å². The predicted octanol–water partition coefficient (Wildman–Crippen LogP) is 4.05. The van der Waals surface area contributed by atoms with E-state index in [0.29, 0.717) is 17.9 Å². The molecule has 0 saturated heterocycles. The minimum atomic E-state index is -3.91. The topological polar surface area (TPSA) is 75.7 Å². The maximum absolute atomic E-state index is 13.5. The summed E-state index contributed by atoms with van der Waals surface area (Å²) in [5, 5.41) is 2.87. The standard InChI is InChI=1S/C23H21IN2O4S/c1-30-20-10-12-21(13-11-20)31(28,29)26-15-17-5-3-2-4-16(17)14-22(26)23(27)25-19-8-6-18(24)7-9-19/h2-13,22H,14-15H2,1H3,(H,25,27). The van der Waals surface area contributed by atoms with Crippen molar-refractivity contribution in [2.75, 3.05) is 12.4 Å². The second-order valence-electron chi connectivity index (χ2n) is 7.21. The molecule has 4 rings (SSSR count). The second-order valence-corrected chi connectivity index (χ2v) is 10.3. The van der Waals surface area contributed by atoms with E-state index in [-0.39, 0.29) is 17.3 Å². The quantitative estimate of drug-likeness (QED) is 0.489. The second kappa shape index (κ2) is 8.97. The number of carbonyl (C=O) groups is 1. The van der Waals surface area contributed by atoms with E-state index < -0.39 is 16.1 Å². The van der Waals surface area contributed by atoms with E-state index in [1.54, 1.807) is 24.3 Å². The number of fused-ring (bicyclic) bond motifs is 1. The van der Waals surface area contributed by atoms with Gasteiger partial charge in [-0.05, 0) is 88.7 Å². The molecule has 0 aliphatic carbocycles. The van der Waals surface area contributed by atoms with Crippen LogP contribution in [0, 0.1) is 3.57 Å². The van der Waals surface area contributed by atoms with Crippen LogP contribution in [0.15, 0.2) is 77.7 Å². The molecular formula is C23H21IN2O4S. The molecule has 1 N–H and O–H groups in total. The summed E-state index contributed by atoms with van der Waals surface area (Å²) in [6.45, 7) is 0.134. The zero-order valence-electron chi connectivity index (χ0n) is 16.8. The zero-order chi connectivity index (χ0) is 22.0. The molecular weight excluding hydrogens is 527 g/mol. The highest BCUT2D eigenvalue weighted by Crippen LogP contribution is 2.30. The lowest BCUT2D eigenvalue weighted by Crippen LogP contribution is -2.50. The Morgan fingerprint density at radius 3 is 2.29 bits per heavy atom. The average Bonchev–Trinajstić information content (AvgIpc) is 2.79. The van der Waals surface area contributed by atoms with Crippen LogP contribution in [0.5, 0.6) is 5.75 Å². The molecule has 0 spiro atoms. The fourth-order valence-electron chi connectivity index (χ4n) is 3.62. The minimum Gasteiger partial charge on any atom is -0.497 e. The van der Waals surface area contributed by atoms with Crippen LogP contribution in [-0.4, -0.2) is 31.8 Å². The Balaban J connectivity index is 1.69. The van der Waals surface area contributed by atoms with E-state index in [2.05, 4.69) is 27.9 Å². The first-order chi connectivity index (χ1) is 14.9. The average molecular weight is 548 g/mol. The lowest BCUT2D eigenvalue weighted by atomic mass is 9.95. The Bertz CT molecular complexity index is 1200. The number of hydrogen-bond donors (Lipinski definition) is 1. The molecule has 160 valence electrons. The van der Waals surface area contributed by atoms with Crippen LogP contribution < -0.4 is 10.1 Å². The van der Waals surface area contributed by atoms with Gasteiger partial charge in [-0.15, -0.1) is 0 Å². The number of carbonyl (C=O) groups excluding carboxylic acids is 1. The van der Waals surface area contributed by atoms with Crippen molar-refractivity contribution in [3.63, 3.8) is 0 Å². The molecule has 8 heteroatoms. The van der Waals surface area contributed by atoms with Gasteiger partial charge in [-0.2, -0.15) is 4.31 Å². The van der Waals surface area contributed by atoms with Crippen LogP contribution in [-0.2, 0) is 27.8 Å². The van der Waals surface area contributed by atoms with Crippen LogP contribution in [0.25, 0.3) is 0 Å². The predicted molar refractivity (Wildman–Crippen MR) is 127 cm³/mol. The number of hydrogen-bond acceptors (Lipinski definition) is 4. The highest BCUT2D eigenvalue weighted by Gasteiger charge is 2.39. The molecule has 3 aromatic rings. The Morgan fingerprint density at radius 2 is 1.65 bits per heavy atom. The van der Waals surface area contributed by atoms with E-state index in [1.165, 1.54) is 23.5 Å². The molecule has 0 aromatic heterocycles. The molecule has 3 aromatic carbocycles. The number of nitrogens with zero attached hydrogens (tertiary/aromatic N) is 1. The van der Waals surface area contributed by atoms with Crippen molar-refractivity contribution in [3.8, 4) is 5.75 Å². The van der Waals surface area contributed by atoms with E-state index in [9.17, 15) is 13.2 Å². The van der Waals surface area contributed by atoms with E-state index in [0.717, 1.165) is 14.7 Å². The number of benzene rings is 3. The lowest BCUT2D eigenvalue weighted by Gasteiger charge is -2.35. The molecule has 0 radical (unpaired) electrons. The maximum atomic E-state index is 13.5. The number of amides is 1. The summed E-state index contributed by atoms with van der Waals surface area (Å²) >= 11 is 2.19. The highest BCUT2D eigenvalue weighted by atomic mass is 127. The summed E-state index contributed by atoms with van der Waals surface area (Å²) in [6, 6.07) is 20.4. The van der Waals surface area contributed by atoms with Gasteiger partial charge in [0.15, 0.2) is 0 Å². The number of sulfonamides is 1. The van der Waals surface area contributed by atoms with Gasteiger partial charge in [-0.1, -0.05) is 24.3 Å². The Labute approximate surface area is 195 Å². The van der Waals surface area contributed by atoms with Crippen LogP contribution >= 0.6 is 22.6 Å². The Hall–Kier alpha value is -2.43. The summed E-state index contributed by atoms with van der Waals surface area (Å²) in [6.07, 6.45) is 0.307. The molecule has 1 unspecified atom stereocenters. The molecule has 1 amide bonds. The lowest BCUT2D eigenvalue weighted by molar-refractivity contribution is -0.120. The molecule has 1 heterocycles. The number of methoxy groups -OCH3 is 1. The first kappa shape index (κ1) is 21.8. The molecule has 0 fully saturated rings. The van der Waals surface area contributed by atoms with Crippen LogP contribution in [0.3, 0.4) is 0 Å². The molecule has 1 atom stereocenters. The van der Waals surface area contributed by atoms with Crippen molar-refractivity contribution in [1.29, 1.82) is 0 Å². The summed E-state index contributed by atoms with van der Waals surface area (Å²) in [5.41, 5.74) is 2.51. The molecule has 1 aliphatic heterocycles. The van der Waals surface area contributed by atoms with Crippen LogP contribution in [0.4, 0.5) is 5.69 Å². The third kappa shape index (κ3) is 4.60. The number of halogens is 1. The van der Waals surface area contributed by atoms with Gasteiger partial charge >= 0.3 is 0 Å². The Morgan fingerprint density at radius 1 is 1.00 bits per heavy atom. The smallest absolute Gasteiger partial charge is 0.244 e. The van der Waals surface area contributed by atoms with Crippen molar-refractivity contribution in [1.82, 2.24) is 4.31 Å². The molecule has 0 bridgehead atoms. The molecule has 6 nitrogen and oxygen atoms in total. The highest BCUT2D eigenvalue weighted by molar-refractivity contribution is 14.1. The van der Waals surface area contributed by atoms with Crippen molar-refractivity contribution < 1.29 is 17.9 Å². The van der Waals surface area contributed by atoms with Gasteiger partial charge in [-0.25, -0.2) is 8.42 Å². The number of nitrogens with one attached hydrogen (secondary N) is 1. The van der Waals surface area contributed by atoms with E-state index in [1.807, 2.05) is 36.4 Å². The number of anilines is 1. The largest absolute Gasteiger partial charge is 0.497 e. The summed E-state index contributed by atoms with van der Waals surface area (Å²) in [5.74, 6) is 0.212. The van der Waals surface area contributed by atoms with Gasteiger partial charge in [0.1, 0.15) is 11.8 Å². The van der Waals surface area contributed by atoms with Gasteiger partial charge < -0.3 is 10.1 Å².